The van der Waals surface area contributed by atoms with Crippen LogP contribution >= 0.6 is 11.3 Å². The fraction of sp³-hybridized carbons (Fsp3) is 0.143. The first kappa shape index (κ1) is 12.1. The van der Waals surface area contributed by atoms with Crippen LogP contribution < -0.4 is 10.5 Å². The molecule has 0 amide bonds. The van der Waals surface area contributed by atoms with Gasteiger partial charge in [-0.2, -0.15) is 0 Å². The van der Waals surface area contributed by atoms with Gasteiger partial charge in [0.05, 0.1) is 10.2 Å². The van der Waals surface area contributed by atoms with Crippen molar-refractivity contribution in [2.24, 2.45) is 5.73 Å². The van der Waals surface area contributed by atoms with Crippen molar-refractivity contribution in [3.63, 3.8) is 0 Å². The van der Waals surface area contributed by atoms with Crippen molar-refractivity contribution in [1.82, 2.24) is 9.97 Å². The van der Waals surface area contributed by atoms with Crippen molar-refractivity contribution in [3.05, 3.63) is 42.7 Å². The minimum atomic E-state index is 0.516. The second-order valence-electron chi connectivity index (χ2n) is 4.03. The topological polar surface area (TPSA) is 61.0 Å². The van der Waals surface area contributed by atoms with Gasteiger partial charge >= 0.3 is 0 Å². The van der Waals surface area contributed by atoms with Crippen LogP contribution in [0, 0.1) is 0 Å². The highest BCUT2D eigenvalue weighted by Crippen LogP contribution is 2.31. The molecule has 0 unspecified atom stereocenters. The number of pyridine rings is 1. The number of hydrogen-bond acceptors (Lipinski definition) is 5. The molecule has 0 radical (unpaired) electrons. The summed E-state index contributed by atoms with van der Waals surface area (Å²) >= 11 is 1.64. The van der Waals surface area contributed by atoms with E-state index in [0.29, 0.717) is 13.2 Å². The third-order valence-electron chi connectivity index (χ3n) is 2.65. The Bertz CT molecular complexity index is 681. The van der Waals surface area contributed by atoms with E-state index in [0.717, 1.165) is 26.5 Å². The van der Waals surface area contributed by atoms with Gasteiger partial charge < -0.3 is 10.5 Å². The molecule has 3 aromatic rings. The van der Waals surface area contributed by atoms with Gasteiger partial charge in [0.25, 0.3) is 0 Å². The molecule has 0 fully saturated rings. The van der Waals surface area contributed by atoms with Crippen LogP contribution in [0.15, 0.2) is 42.7 Å². The van der Waals surface area contributed by atoms with Gasteiger partial charge in [-0.3, -0.25) is 4.98 Å². The second-order valence-corrected chi connectivity index (χ2v) is 5.06. The number of nitrogens with two attached hydrogens (primary N) is 1. The first-order chi connectivity index (χ1) is 9.36. The first-order valence-electron chi connectivity index (χ1n) is 6.00. The Balaban J connectivity index is 1.97. The summed E-state index contributed by atoms with van der Waals surface area (Å²) < 4.78 is 6.62. The highest BCUT2D eigenvalue weighted by molar-refractivity contribution is 7.21. The number of benzene rings is 1. The lowest BCUT2D eigenvalue weighted by Crippen LogP contribution is -2.10. The predicted molar refractivity (Wildman–Crippen MR) is 77.4 cm³/mol. The molecule has 5 heteroatoms. The van der Waals surface area contributed by atoms with Crippen LogP contribution in [0.25, 0.3) is 20.8 Å². The van der Waals surface area contributed by atoms with Gasteiger partial charge in [0.15, 0.2) is 0 Å². The smallest absolute Gasteiger partial charge is 0.126 e. The molecule has 2 heterocycles. The predicted octanol–water partition coefficient (Wildman–Crippen LogP) is 2.70. The largest absolute Gasteiger partial charge is 0.492 e. The van der Waals surface area contributed by atoms with Crippen LogP contribution in [0.3, 0.4) is 0 Å². The van der Waals surface area contributed by atoms with E-state index in [1.807, 2.05) is 36.5 Å². The van der Waals surface area contributed by atoms with E-state index in [1.165, 1.54) is 0 Å². The normalized spacial score (nSPS) is 10.8. The first-order valence-corrected chi connectivity index (χ1v) is 6.82. The lowest BCUT2D eigenvalue weighted by atomic mass is 10.3. The molecular weight excluding hydrogens is 258 g/mol. The fourth-order valence-corrected chi connectivity index (χ4v) is 2.77. The maximum absolute atomic E-state index is 5.52. The summed E-state index contributed by atoms with van der Waals surface area (Å²) in [5.41, 5.74) is 7.44. The number of rotatable bonds is 4. The molecule has 0 aliphatic heterocycles. The zero-order chi connectivity index (χ0) is 13.1. The van der Waals surface area contributed by atoms with Crippen molar-refractivity contribution in [2.75, 3.05) is 13.2 Å². The zero-order valence-corrected chi connectivity index (χ0v) is 11.1. The molecule has 0 aliphatic carbocycles. The summed E-state index contributed by atoms with van der Waals surface area (Å²) in [6, 6.07) is 9.82. The average molecular weight is 271 g/mol. The summed E-state index contributed by atoms with van der Waals surface area (Å²) in [5.74, 6) is 0.833. The third-order valence-corrected chi connectivity index (χ3v) is 3.72. The standard InChI is InChI=1S/C14H13N3OS/c15-5-7-18-11-3-4-12-13(8-11)19-14(17-12)10-2-1-6-16-9-10/h1-4,6,8-9H,5,7,15H2. The van der Waals surface area contributed by atoms with Crippen molar-refractivity contribution < 1.29 is 4.74 Å². The third kappa shape index (κ3) is 2.57. The number of thiazole rings is 1. The molecule has 2 N–H and O–H groups in total. The molecule has 96 valence electrons. The van der Waals surface area contributed by atoms with Gasteiger partial charge in [-0.15, -0.1) is 11.3 Å². The lowest BCUT2D eigenvalue weighted by Gasteiger charge is -2.02. The molecule has 3 rings (SSSR count). The van der Waals surface area contributed by atoms with Gasteiger partial charge in [0.1, 0.15) is 17.4 Å². The van der Waals surface area contributed by atoms with E-state index in [2.05, 4.69) is 9.97 Å². The Hall–Kier alpha value is -1.98. The van der Waals surface area contributed by atoms with E-state index in [4.69, 9.17) is 10.5 Å². The molecule has 0 spiro atoms. The van der Waals surface area contributed by atoms with Gasteiger partial charge in [0, 0.05) is 24.5 Å². The van der Waals surface area contributed by atoms with Crippen LogP contribution in [0.5, 0.6) is 5.75 Å². The molecule has 4 nitrogen and oxygen atoms in total. The molecular formula is C14H13N3OS. The number of fused-ring (bicyclic) bond motifs is 1. The van der Waals surface area contributed by atoms with E-state index in [1.54, 1.807) is 17.5 Å². The Labute approximate surface area is 114 Å². The van der Waals surface area contributed by atoms with Crippen molar-refractivity contribution in [3.8, 4) is 16.3 Å². The summed E-state index contributed by atoms with van der Waals surface area (Å²) in [5, 5.41) is 0.971. The van der Waals surface area contributed by atoms with Crippen molar-refractivity contribution in [1.29, 1.82) is 0 Å². The Morgan fingerprint density at radius 1 is 1.26 bits per heavy atom. The van der Waals surface area contributed by atoms with Crippen molar-refractivity contribution >= 4 is 21.6 Å². The average Bonchev–Trinajstić information content (AvgIpc) is 2.89. The van der Waals surface area contributed by atoms with Crippen LogP contribution in [0.1, 0.15) is 0 Å². The van der Waals surface area contributed by atoms with Crippen LogP contribution in [0.2, 0.25) is 0 Å². The molecule has 0 atom stereocenters. The Morgan fingerprint density at radius 3 is 3.00 bits per heavy atom. The second kappa shape index (κ2) is 5.34. The Kier molecular flexibility index (Phi) is 3.39. The molecule has 0 saturated heterocycles. The maximum atomic E-state index is 5.52. The number of nitrogens with zero attached hydrogens (tertiary/aromatic N) is 2. The fourth-order valence-electron chi connectivity index (χ4n) is 1.78. The molecule has 1 aromatic carbocycles. The van der Waals surface area contributed by atoms with Gasteiger partial charge in [0.2, 0.25) is 0 Å². The van der Waals surface area contributed by atoms with E-state index >= 15 is 0 Å². The molecule has 0 saturated carbocycles. The van der Waals surface area contributed by atoms with Crippen molar-refractivity contribution in [2.45, 2.75) is 0 Å². The summed E-state index contributed by atoms with van der Waals surface area (Å²) in [6.45, 7) is 1.04. The number of ether oxygens (including phenoxy) is 1. The van der Waals surface area contributed by atoms with Gasteiger partial charge in [-0.05, 0) is 30.3 Å². The minimum absolute atomic E-state index is 0.516. The SMILES string of the molecule is NCCOc1ccc2nc(-c3cccnc3)sc2c1. The number of hydrogen-bond donors (Lipinski definition) is 1. The zero-order valence-electron chi connectivity index (χ0n) is 10.2. The quantitative estimate of drug-likeness (QED) is 0.792. The summed E-state index contributed by atoms with van der Waals surface area (Å²) in [4.78, 5) is 8.72. The molecule has 2 aromatic heterocycles. The van der Waals surface area contributed by atoms with E-state index in [9.17, 15) is 0 Å². The molecule has 19 heavy (non-hydrogen) atoms. The van der Waals surface area contributed by atoms with Gasteiger partial charge in [-0.25, -0.2) is 4.98 Å². The minimum Gasteiger partial charge on any atom is -0.492 e. The molecule has 0 aliphatic rings. The van der Waals surface area contributed by atoms with Gasteiger partial charge in [-0.1, -0.05) is 0 Å². The summed E-state index contributed by atoms with van der Waals surface area (Å²) in [7, 11) is 0. The van der Waals surface area contributed by atoms with E-state index in [-0.39, 0.29) is 0 Å². The number of aromatic nitrogens is 2. The van der Waals surface area contributed by atoms with Crippen LogP contribution in [0.4, 0.5) is 0 Å². The molecule has 0 bridgehead atoms. The highest BCUT2D eigenvalue weighted by atomic mass is 32.1. The van der Waals surface area contributed by atoms with E-state index < -0.39 is 0 Å². The maximum Gasteiger partial charge on any atom is 0.126 e. The summed E-state index contributed by atoms with van der Waals surface area (Å²) in [6.07, 6.45) is 3.58. The Morgan fingerprint density at radius 2 is 2.21 bits per heavy atom. The van der Waals surface area contributed by atoms with Crippen LogP contribution in [-0.4, -0.2) is 23.1 Å². The highest BCUT2D eigenvalue weighted by Gasteiger charge is 2.07. The van der Waals surface area contributed by atoms with Crippen LogP contribution in [-0.2, 0) is 0 Å². The monoisotopic (exact) mass is 271 g/mol. The lowest BCUT2D eigenvalue weighted by molar-refractivity contribution is 0.329.